The maximum Gasteiger partial charge on any atom is 0.259 e. The fourth-order valence-corrected chi connectivity index (χ4v) is 2.05. The summed E-state index contributed by atoms with van der Waals surface area (Å²) < 4.78 is 0. The summed E-state index contributed by atoms with van der Waals surface area (Å²) in [5.74, 6) is -0.675. The van der Waals surface area contributed by atoms with Crippen molar-refractivity contribution in [2.45, 2.75) is 6.42 Å². The van der Waals surface area contributed by atoms with Crippen molar-refractivity contribution in [1.82, 2.24) is 15.3 Å². The van der Waals surface area contributed by atoms with Crippen LogP contribution < -0.4 is 5.32 Å². The minimum absolute atomic E-state index is 0.337. The van der Waals surface area contributed by atoms with E-state index in [2.05, 4.69) is 15.3 Å². The minimum Gasteiger partial charge on any atom is -0.288 e. The number of amides is 2. The average molecular weight is 239 g/mol. The van der Waals surface area contributed by atoms with E-state index in [-0.39, 0.29) is 11.8 Å². The van der Waals surface area contributed by atoms with Crippen molar-refractivity contribution in [1.29, 1.82) is 0 Å². The molecule has 0 spiro atoms. The second kappa shape index (κ2) is 4.03. The molecular formula is C13H9N3O2. The van der Waals surface area contributed by atoms with Gasteiger partial charge in [-0.3, -0.25) is 24.9 Å². The SMILES string of the molecule is O=C1NC(=O)c2c(Cc3cnccn3)cccc21. The van der Waals surface area contributed by atoms with Gasteiger partial charge < -0.3 is 0 Å². The first-order valence-electron chi connectivity index (χ1n) is 5.48. The second-order valence-corrected chi connectivity index (χ2v) is 4.00. The van der Waals surface area contributed by atoms with E-state index in [1.54, 1.807) is 30.7 Å². The molecular weight excluding hydrogens is 230 g/mol. The molecule has 0 bridgehead atoms. The normalized spacial score (nSPS) is 13.3. The Morgan fingerprint density at radius 1 is 1.11 bits per heavy atom. The molecule has 1 aromatic heterocycles. The third-order valence-electron chi connectivity index (χ3n) is 2.84. The number of nitrogens with one attached hydrogen (secondary N) is 1. The fourth-order valence-electron chi connectivity index (χ4n) is 2.05. The van der Waals surface area contributed by atoms with E-state index in [0.717, 1.165) is 11.3 Å². The predicted molar refractivity (Wildman–Crippen MR) is 63.1 cm³/mol. The Kier molecular flexibility index (Phi) is 2.37. The number of carbonyl (C=O) groups excluding carboxylic acids is 2. The van der Waals surface area contributed by atoms with Gasteiger partial charge in [0.2, 0.25) is 0 Å². The summed E-state index contributed by atoms with van der Waals surface area (Å²) in [6, 6.07) is 5.24. The number of hydrogen-bond acceptors (Lipinski definition) is 4. The van der Waals surface area contributed by atoms with Crippen LogP contribution in [0.25, 0.3) is 0 Å². The fraction of sp³-hybridized carbons (Fsp3) is 0.0769. The van der Waals surface area contributed by atoms with Crippen LogP contribution in [-0.4, -0.2) is 21.8 Å². The maximum atomic E-state index is 11.7. The van der Waals surface area contributed by atoms with Gasteiger partial charge in [0.1, 0.15) is 0 Å². The summed E-state index contributed by atoms with van der Waals surface area (Å²) in [4.78, 5) is 31.4. The average Bonchev–Trinajstić information content (AvgIpc) is 2.67. The van der Waals surface area contributed by atoms with E-state index in [0.29, 0.717) is 17.5 Å². The third-order valence-corrected chi connectivity index (χ3v) is 2.84. The summed E-state index contributed by atoms with van der Waals surface area (Å²) in [6.07, 6.45) is 5.32. The molecule has 0 fully saturated rings. The Bertz CT molecular complexity index is 638. The van der Waals surface area contributed by atoms with Gasteiger partial charge in [-0.15, -0.1) is 0 Å². The zero-order valence-electron chi connectivity index (χ0n) is 9.38. The largest absolute Gasteiger partial charge is 0.288 e. The van der Waals surface area contributed by atoms with Gasteiger partial charge in [0.05, 0.1) is 16.8 Å². The summed E-state index contributed by atoms with van der Waals surface area (Å²) >= 11 is 0. The monoisotopic (exact) mass is 239 g/mol. The first kappa shape index (κ1) is 10.6. The first-order valence-corrected chi connectivity index (χ1v) is 5.48. The summed E-state index contributed by atoms with van der Waals surface area (Å²) in [5.41, 5.74) is 2.43. The zero-order chi connectivity index (χ0) is 12.5. The zero-order valence-corrected chi connectivity index (χ0v) is 9.38. The molecule has 1 aliphatic heterocycles. The lowest BCUT2D eigenvalue weighted by Gasteiger charge is -2.04. The lowest BCUT2D eigenvalue weighted by Crippen LogP contribution is -2.20. The van der Waals surface area contributed by atoms with Crippen LogP contribution in [0.2, 0.25) is 0 Å². The highest BCUT2D eigenvalue weighted by molar-refractivity contribution is 6.22. The van der Waals surface area contributed by atoms with Gasteiger partial charge >= 0.3 is 0 Å². The van der Waals surface area contributed by atoms with E-state index in [1.807, 2.05) is 6.07 Å². The van der Waals surface area contributed by atoms with Crippen LogP contribution in [0.15, 0.2) is 36.8 Å². The molecule has 0 saturated carbocycles. The van der Waals surface area contributed by atoms with E-state index in [9.17, 15) is 9.59 Å². The van der Waals surface area contributed by atoms with Crippen LogP contribution in [0.3, 0.4) is 0 Å². The molecule has 1 aromatic carbocycles. The van der Waals surface area contributed by atoms with E-state index in [1.165, 1.54) is 0 Å². The molecule has 5 nitrogen and oxygen atoms in total. The molecule has 1 aliphatic rings. The standard InChI is InChI=1S/C13H9N3O2/c17-12-10-3-1-2-8(11(10)13(18)16-12)6-9-7-14-4-5-15-9/h1-5,7H,6H2,(H,16,17,18). The first-order chi connectivity index (χ1) is 8.75. The van der Waals surface area contributed by atoms with Crippen LogP contribution >= 0.6 is 0 Å². The van der Waals surface area contributed by atoms with Crippen LogP contribution in [0.4, 0.5) is 0 Å². The highest BCUT2D eigenvalue weighted by atomic mass is 16.2. The molecule has 2 heterocycles. The van der Waals surface area contributed by atoms with Crippen molar-refractivity contribution in [2.75, 3.05) is 0 Å². The Balaban J connectivity index is 2.05. The molecule has 2 amide bonds. The number of fused-ring (bicyclic) bond motifs is 1. The van der Waals surface area contributed by atoms with Crippen molar-refractivity contribution in [3.63, 3.8) is 0 Å². The van der Waals surface area contributed by atoms with Crippen molar-refractivity contribution in [2.24, 2.45) is 0 Å². The van der Waals surface area contributed by atoms with Gasteiger partial charge in [0.15, 0.2) is 0 Å². The lowest BCUT2D eigenvalue weighted by molar-refractivity contribution is 0.0879. The topological polar surface area (TPSA) is 72.0 Å². The quantitative estimate of drug-likeness (QED) is 0.792. The number of aromatic nitrogens is 2. The third kappa shape index (κ3) is 1.66. The Morgan fingerprint density at radius 2 is 2.00 bits per heavy atom. The Morgan fingerprint density at radius 3 is 2.78 bits per heavy atom. The molecule has 0 unspecified atom stereocenters. The van der Waals surface area contributed by atoms with Crippen LogP contribution in [0.5, 0.6) is 0 Å². The number of nitrogens with zero attached hydrogens (tertiary/aromatic N) is 2. The highest BCUT2D eigenvalue weighted by Crippen LogP contribution is 2.21. The molecule has 0 atom stereocenters. The summed E-state index contributed by atoms with van der Waals surface area (Å²) in [7, 11) is 0. The number of rotatable bonds is 2. The Labute approximate surface area is 103 Å². The molecule has 1 N–H and O–H groups in total. The highest BCUT2D eigenvalue weighted by Gasteiger charge is 2.28. The van der Waals surface area contributed by atoms with Gasteiger partial charge in [-0.05, 0) is 11.6 Å². The molecule has 0 saturated heterocycles. The number of carbonyl (C=O) groups is 2. The van der Waals surface area contributed by atoms with Crippen molar-refractivity contribution >= 4 is 11.8 Å². The number of benzene rings is 1. The Hall–Kier alpha value is -2.56. The van der Waals surface area contributed by atoms with Crippen molar-refractivity contribution < 1.29 is 9.59 Å². The molecule has 0 aliphatic carbocycles. The van der Waals surface area contributed by atoms with Crippen LogP contribution in [-0.2, 0) is 6.42 Å². The summed E-state index contributed by atoms with van der Waals surface area (Å²) in [6.45, 7) is 0. The molecule has 5 heteroatoms. The number of hydrogen-bond donors (Lipinski definition) is 1. The molecule has 88 valence electrons. The number of imide groups is 1. The molecule has 3 rings (SSSR count). The van der Waals surface area contributed by atoms with Gasteiger partial charge in [-0.2, -0.15) is 0 Å². The lowest BCUT2D eigenvalue weighted by atomic mass is 9.99. The second-order valence-electron chi connectivity index (χ2n) is 4.00. The van der Waals surface area contributed by atoms with Crippen LogP contribution in [0.1, 0.15) is 32.0 Å². The van der Waals surface area contributed by atoms with E-state index < -0.39 is 0 Å². The molecule has 0 radical (unpaired) electrons. The summed E-state index contributed by atoms with van der Waals surface area (Å²) in [5, 5.41) is 2.29. The van der Waals surface area contributed by atoms with Gasteiger partial charge in [-0.1, -0.05) is 12.1 Å². The van der Waals surface area contributed by atoms with Crippen molar-refractivity contribution in [3.8, 4) is 0 Å². The van der Waals surface area contributed by atoms with Crippen LogP contribution in [0, 0.1) is 0 Å². The van der Waals surface area contributed by atoms with Gasteiger partial charge in [-0.25, -0.2) is 0 Å². The van der Waals surface area contributed by atoms with E-state index in [4.69, 9.17) is 0 Å². The predicted octanol–water partition coefficient (Wildman–Crippen LogP) is 0.951. The van der Waals surface area contributed by atoms with E-state index >= 15 is 0 Å². The smallest absolute Gasteiger partial charge is 0.259 e. The maximum absolute atomic E-state index is 11.7. The molecule has 18 heavy (non-hydrogen) atoms. The van der Waals surface area contributed by atoms with Gasteiger partial charge in [0, 0.05) is 25.0 Å². The molecule has 2 aromatic rings. The van der Waals surface area contributed by atoms with Gasteiger partial charge in [0.25, 0.3) is 11.8 Å². The van der Waals surface area contributed by atoms with Crippen molar-refractivity contribution in [3.05, 3.63) is 59.2 Å². The minimum atomic E-state index is -0.338.